The van der Waals surface area contributed by atoms with E-state index >= 15 is 0 Å². The Hall–Kier alpha value is -2.22. The van der Waals surface area contributed by atoms with Crippen LogP contribution < -0.4 is 9.50 Å². The Labute approximate surface area is 159 Å². The summed E-state index contributed by atoms with van der Waals surface area (Å²) in [4.78, 5) is 4.50. The highest BCUT2D eigenvalue weighted by molar-refractivity contribution is 7.81. The van der Waals surface area contributed by atoms with Crippen molar-refractivity contribution in [3.05, 3.63) is 63.9 Å². The minimum absolute atomic E-state index is 0.112. The van der Waals surface area contributed by atoms with Gasteiger partial charge in [0.2, 0.25) is 5.88 Å². The van der Waals surface area contributed by atoms with Crippen molar-refractivity contribution in [1.82, 2.24) is 10.3 Å². The van der Waals surface area contributed by atoms with E-state index in [-0.39, 0.29) is 5.88 Å². The molecule has 2 aromatic rings. The van der Waals surface area contributed by atoms with Crippen LogP contribution in [0.1, 0.15) is 40.8 Å². The summed E-state index contributed by atoms with van der Waals surface area (Å²) >= 11 is 0. The lowest BCUT2D eigenvalue weighted by Gasteiger charge is -2.22. The van der Waals surface area contributed by atoms with Gasteiger partial charge in [-0.2, -0.15) is 8.42 Å². The van der Waals surface area contributed by atoms with Crippen molar-refractivity contribution >= 4 is 16.0 Å². The maximum atomic E-state index is 11.1. The van der Waals surface area contributed by atoms with E-state index in [0.717, 1.165) is 61.2 Å². The van der Waals surface area contributed by atoms with E-state index in [1.165, 1.54) is 22.8 Å². The Morgan fingerprint density at radius 2 is 1.78 bits per heavy atom. The fourth-order valence-corrected chi connectivity index (χ4v) is 4.26. The number of pyridine rings is 1. The van der Waals surface area contributed by atoms with Gasteiger partial charge in [-0.05, 0) is 62.4 Å². The van der Waals surface area contributed by atoms with Crippen LogP contribution in [0.2, 0.25) is 0 Å². The highest BCUT2D eigenvalue weighted by Gasteiger charge is 2.24. The third kappa shape index (κ3) is 3.90. The van der Waals surface area contributed by atoms with Gasteiger partial charge >= 0.3 is 10.4 Å². The average molecular weight is 386 g/mol. The van der Waals surface area contributed by atoms with E-state index in [1.54, 1.807) is 0 Å². The molecule has 0 atom stereocenters. The van der Waals surface area contributed by atoms with Crippen molar-refractivity contribution in [2.24, 2.45) is 0 Å². The number of rotatable bonds is 2. The summed E-state index contributed by atoms with van der Waals surface area (Å²) in [6.07, 6.45) is 3.57. The zero-order chi connectivity index (χ0) is 19.0. The van der Waals surface area contributed by atoms with Crippen LogP contribution in [-0.2, 0) is 23.2 Å². The molecule has 0 amide bonds. The Bertz CT molecular complexity index is 1020. The largest absolute Gasteiger partial charge is 0.447 e. The molecular weight excluding hydrogens is 364 g/mol. The Kier molecular flexibility index (Phi) is 4.75. The summed E-state index contributed by atoms with van der Waals surface area (Å²) in [5, 5.41) is 3.38. The first-order chi connectivity index (χ1) is 12.9. The number of aromatic nitrogens is 1. The topological polar surface area (TPSA) is 88.5 Å². The first-order valence-corrected chi connectivity index (χ1v) is 10.5. The van der Waals surface area contributed by atoms with Gasteiger partial charge < -0.3 is 9.50 Å². The average Bonchev–Trinajstić information content (AvgIpc) is 2.77. The van der Waals surface area contributed by atoms with E-state index in [9.17, 15) is 8.42 Å². The van der Waals surface area contributed by atoms with Crippen LogP contribution in [0.4, 0.5) is 0 Å². The molecule has 2 N–H and O–H groups in total. The summed E-state index contributed by atoms with van der Waals surface area (Å²) < 4.78 is 35.9. The van der Waals surface area contributed by atoms with Crippen LogP contribution in [-0.4, -0.2) is 31.0 Å². The molecule has 1 aromatic heterocycles. The van der Waals surface area contributed by atoms with Crippen LogP contribution in [0.5, 0.6) is 5.88 Å². The number of nitrogens with zero attached hydrogens (tertiary/aromatic N) is 1. The van der Waals surface area contributed by atoms with Gasteiger partial charge in [-0.1, -0.05) is 35.4 Å². The van der Waals surface area contributed by atoms with Gasteiger partial charge in [0.15, 0.2) is 0 Å². The second-order valence-corrected chi connectivity index (χ2v) is 8.08. The van der Waals surface area contributed by atoms with E-state index in [4.69, 9.17) is 4.55 Å². The smallest absolute Gasteiger partial charge is 0.341 e. The van der Waals surface area contributed by atoms with E-state index in [0.29, 0.717) is 0 Å². The van der Waals surface area contributed by atoms with Crippen molar-refractivity contribution in [2.75, 3.05) is 13.1 Å². The molecule has 142 valence electrons. The molecule has 1 fully saturated rings. The van der Waals surface area contributed by atoms with Crippen LogP contribution in [0.3, 0.4) is 0 Å². The molecule has 2 aliphatic rings. The van der Waals surface area contributed by atoms with E-state index in [2.05, 4.69) is 39.6 Å². The predicted octanol–water partition coefficient (Wildman–Crippen LogP) is 2.86. The molecule has 7 heteroatoms. The van der Waals surface area contributed by atoms with Crippen molar-refractivity contribution in [3.63, 3.8) is 0 Å². The lowest BCUT2D eigenvalue weighted by molar-refractivity contribution is 0.381. The van der Waals surface area contributed by atoms with Gasteiger partial charge in [0, 0.05) is 11.6 Å². The molecular formula is C20H22N2O4S. The van der Waals surface area contributed by atoms with Gasteiger partial charge in [0.05, 0.1) is 5.69 Å². The van der Waals surface area contributed by atoms with Crippen LogP contribution in [0.15, 0.2) is 35.9 Å². The summed E-state index contributed by atoms with van der Waals surface area (Å²) in [6.45, 7) is 3.92. The number of fused-ring (bicyclic) bond motifs is 2. The maximum Gasteiger partial charge on any atom is 0.447 e. The number of nitrogens with one attached hydrogen (secondary N) is 1. The fraction of sp³-hybridized carbons (Fsp3) is 0.350. The molecule has 1 aliphatic heterocycles. The molecule has 0 unspecified atom stereocenters. The van der Waals surface area contributed by atoms with E-state index < -0.39 is 10.4 Å². The van der Waals surface area contributed by atoms with Gasteiger partial charge in [-0.15, -0.1) is 0 Å². The quantitative estimate of drug-likeness (QED) is 0.772. The molecule has 0 spiro atoms. The monoisotopic (exact) mass is 386 g/mol. The third-order valence-electron chi connectivity index (χ3n) is 5.14. The Morgan fingerprint density at radius 1 is 1.04 bits per heavy atom. The molecule has 6 nitrogen and oxygen atoms in total. The summed E-state index contributed by atoms with van der Waals surface area (Å²) in [5.74, 6) is -0.112. The number of piperidine rings is 1. The van der Waals surface area contributed by atoms with Crippen LogP contribution in [0.25, 0.3) is 5.57 Å². The molecule has 2 heterocycles. The van der Waals surface area contributed by atoms with Crippen molar-refractivity contribution in [1.29, 1.82) is 0 Å². The number of aryl methyl sites for hydroxylation is 3. The standard InChI is InChI=1S/C20H22N2O4S/c1-13-2-6-17-16(12-13)4-3-15-5-7-18(26-27(23,24)25)22-20(15)19(17)14-8-10-21-11-9-14/h2,5-7,12,21H,3-4,8-11H2,1H3,(H,23,24,25). The first-order valence-electron chi connectivity index (χ1n) is 9.10. The zero-order valence-electron chi connectivity index (χ0n) is 15.2. The zero-order valence-corrected chi connectivity index (χ0v) is 16.0. The number of hydrogen-bond acceptors (Lipinski definition) is 5. The lowest BCUT2D eigenvalue weighted by atomic mass is 9.88. The molecule has 4 rings (SSSR count). The second kappa shape index (κ2) is 7.07. The molecule has 0 radical (unpaired) electrons. The summed E-state index contributed by atoms with van der Waals surface area (Å²) in [6, 6.07) is 9.81. The highest BCUT2D eigenvalue weighted by atomic mass is 32.3. The fourth-order valence-electron chi connectivity index (χ4n) is 3.95. The van der Waals surface area contributed by atoms with Gasteiger partial charge in [-0.3, -0.25) is 4.55 Å². The van der Waals surface area contributed by atoms with Crippen molar-refractivity contribution in [3.8, 4) is 5.88 Å². The van der Waals surface area contributed by atoms with Crippen LogP contribution >= 0.6 is 0 Å². The Morgan fingerprint density at radius 3 is 2.52 bits per heavy atom. The third-order valence-corrected chi connectivity index (χ3v) is 5.52. The number of benzene rings is 1. The van der Waals surface area contributed by atoms with Crippen molar-refractivity contribution in [2.45, 2.75) is 32.6 Å². The molecule has 1 saturated heterocycles. The van der Waals surface area contributed by atoms with Gasteiger partial charge in [0.1, 0.15) is 0 Å². The first kappa shape index (κ1) is 18.2. The summed E-state index contributed by atoms with van der Waals surface area (Å²) in [5.41, 5.74) is 7.89. The minimum Gasteiger partial charge on any atom is -0.341 e. The van der Waals surface area contributed by atoms with E-state index in [1.807, 2.05) is 6.07 Å². The summed E-state index contributed by atoms with van der Waals surface area (Å²) in [7, 11) is -4.61. The SMILES string of the molecule is Cc1ccc2c(c1)CCc1ccc(OS(=O)(=O)O)nc1C2=C1CCNCC1. The predicted molar refractivity (Wildman–Crippen MR) is 103 cm³/mol. The molecule has 1 aliphatic carbocycles. The van der Waals surface area contributed by atoms with Crippen LogP contribution in [0, 0.1) is 6.92 Å². The highest BCUT2D eigenvalue weighted by Crippen LogP contribution is 2.38. The minimum atomic E-state index is -4.61. The van der Waals surface area contributed by atoms with Gasteiger partial charge in [-0.25, -0.2) is 4.98 Å². The second-order valence-electron chi connectivity index (χ2n) is 7.06. The molecule has 0 bridgehead atoms. The molecule has 1 aromatic carbocycles. The number of hydrogen-bond donors (Lipinski definition) is 2. The van der Waals surface area contributed by atoms with Gasteiger partial charge in [0.25, 0.3) is 0 Å². The lowest BCUT2D eigenvalue weighted by Crippen LogP contribution is -2.24. The van der Waals surface area contributed by atoms with Crippen molar-refractivity contribution < 1.29 is 17.2 Å². The molecule has 27 heavy (non-hydrogen) atoms. The maximum absolute atomic E-state index is 11.1. The Balaban J connectivity index is 1.93. The molecule has 0 saturated carbocycles. The normalized spacial score (nSPS) is 17.1.